The Bertz CT molecular complexity index is 920. The van der Waals surface area contributed by atoms with Gasteiger partial charge in [0.25, 0.3) is 5.92 Å². The number of fused-ring (bicyclic) bond motifs is 1. The van der Waals surface area contributed by atoms with E-state index in [1.165, 1.54) is 18.2 Å². The van der Waals surface area contributed by atoms with Crippen LogP contribution in [0.25, 0.3) is 0 Å². The molecular weight excluding hydrogens is 413 g/mol. The number of hydrogen-bond donors (Lipinski definition) is 1. The first-order valence-corrected chi connectivity index (χ1v) is 9.96. The lowest BCUT2D eigenvalue weighted by molar-refractivity contribution is -0.274. The van der Waals surface area contributed by atoms with Crippen molar-refractivity contribution in [2.24, 2.45) is 0 Å². The molecule has 0 radical (unpaired) electrons. The molecule has 2 atom stereocenters. The molecular formula is C20H20F5NO2S. The number of benzene rings is 2. The van der Waals surface area contributed by atoms with Crippen molar-refractivity contribution in [1.82, 2.24) is 4.72 Å². The van der Waals surface area contributed by atoms with Crippen LogP contribution >= 0.6 is 0 Å². The summed E-state index contributed by atoms with van der Waals surface area (Å²) in [6.07, 6.45) is -5.14. The summed E-state index contributed by atoms with van der Waals surface area (Å²) in [5, 5.41) is 0. The van der Waals surface area contributed by atoms with Gasteiger partial charge >= 0.3 is 6.36 Å². The molecule has 2 unspecified atom stereocenters. The van der Waals surface area contributed by atoms with Crippen molar-refractivity contribution in [2.75, 3.05) is 0 Å². The van der Waals surface area contributed by atoms with Gasteiger partial charge in [-0.15, -0.1) is 13.2 Å². The van der Waals surface area contributed by atoms with Gasteiger partial charge in [0.05, 0.1) is 21.8 Å². The fourth-order valence-electron chi connectivity index (χ4n) is 2.97. The number of nitrogens with one attached hydrogen (secondary N) is 1. The summed E-state index contributed by atoms with van der Waals surface area (Å²) in [4.78, 5) is 0. The van der Waals surface area contributed by atoms with Crippen LogP contribution in [0.3, 0.4) is 0 Å². The van der Waals surface area contributed by atoms with Crippen LogP contribution in [0.2, 0.25) is 0 Å². The average Bonchev–Trinajstić information content (AvgIpc) is 2.58. The van der Waals surface area contributed by atoms with Gasteiger partial charge in [0, 0.05) is 12.0 Å². The minimum atomic E-state index is -4.82. The zero-order valence-corrected chi connectivity index (χ0v) is 16.8. The number of ether oxygens (including phenoxy) is 1. The van der Waals surface area contributed by atoms with E-state index in [0.29, 0.717) is 16.7 Å². The van der Waals surface area contributed by atoms with Crippen LogP contribution in [0.5, 0.6) is 5.75 Å². The molecule has 0 saturated heterocycles. The van der Waals surface area contributed by atoms with Crippen LogP contribution in [0.4, 0.5) is 22.0 Å². The normalized spacial score (nSPS) is 17.8. The smallest absolute Gasteiger partial charge is 0.406 e. The molecule has 0 fully saturated rings. The zero-order chi connectivity index (χ0) is 21.6. The number of alkyl halides is 5. The van der Waals surface area contributed by atoms with E-state index in [0.717, 1.165) is 12.1 Å². The summed E-state index contributed by atoms with van der Waals surface area (Å²) in [6, 6.07) is 8.89. The van der Waals surface area contributed by atoms with Crippen molar-refractivity contribution in [1.29, 1.82) is 0 Å². The third-order valence-corrected chi connectivity index (χ3v) is 6.06. The lowest BCUT2D eigenvalue weighted by Crippen LogP contribution is -2.37. The van der Waals surface area contributed by atoms with Gasteiger partial charge in [0.15, 0.2) is 0 Å². The van der Waals surface area contributed by atoms with Crippen LogP contribution in [-0.4, -0.2) is 15.3 Å². The van der Waals surface area contributed by atoms with Gasteiger partial charge in [0.2, 0.25) is 0 Å². The lowest BCUT2D eigenvalue weighted by atomic mass is 9.82. The lowest BCUT2D eigenvalue weighted by Gasteiger charge is -2.32. The van der Waals surface area contributed by atoms with Gasteiger partial charge in [-0.2, -0.15) is 0 Å². The maximum atomic E-state index is 13.8. The fraction of sp³-hybridized carbons (Fsp3) is 0.400. The van der Waals surface area contributed by atoms with Gasteiger partial charge in [-0.1, -0.05) is 24.3 Å². The van der Waals surface area contributed by atoms with E-state index >= 15 is 0 Å². The quantitative estimate of drug-likeness (QED) is 0.644. The van der Waals surface area contributed by atoms with Gasteiger partial charge in [-0.05, 0) is 55.7 Å². The molecule has 3 rings (SSSR count). The Morgan fingerprint density at radius 3 is 2.14 bits per heavy atom. The summed E-state index contributed by atoms with van der Waals surface area (Å²) in [5.41, 5.74) is 1.38. The molecule has 2 aromatic carbocycles. The highest BCUT2D eigenvalue weighted by atomic mass is 32.2. The van der Waals surface area contributed by atoms with E-state index in [9.17, 15) is 26.2 Å². The second-order valence-electron chi connectivity index (χ2n) is 7.85. The first-order chi connectivity index (χ1) is 13.3. The molecule has 0 aliphatic heterocycles. The Labute approximate surface area is 167 Å². The largest absolute Gasteiger partial charge is 0.573 e. The van der Waals surface area contributed by atoms with Gasteiger partial charge in [-0.25, -0.2) is 17.7 Å². The molecule has 1 aliphatic rings. The molecule has 0 bridgehead atoms. The molecule has 9 heteroatoms. The van der Waals surface area contributed by atoms with Gasteiger partial charge in [-0.3, -0.25) is 0 Å². The maximum absolute atomic E-state index is 13.8. The van der Waals surface area contributed by atoms with E-state index < -0.39 is 39.8 Å². The van der Waals surface area contributed by atoms with Crippen LogP contribution < -0.4 is 9.46 Å². The first-order valence-electron chi connectivity index (χ1n) is 8.81. The summed E-state index contributed by atoms with van der Waals surface area (Å²) in [5.74, 6) is -3.32. The molecule has 1 N–H and O–H groups in total. The molecule has 2 aromatic rings. The molecule has 0 amide bonds. The Kier molecular flexibility index (Phi) is 5.51. The second-order valence-corrected chi connectivity index (χ2v) is 9.84. The molecule has 1 aliphatic carbocycles. The Morgan fingerprint density at radius 2 is 1.62 bits per heavy atom. The third kappa shape index (κ3) is 4.95. The monoisotopic (exact) mass is 433 g/mol. The molecule has 0 heterocycles. The molecule has 158 valence electrons. The average molecular weight is 433 g/mol. The summed E-state index contributed by atoms with van der Waals surface area (Å²) in [6.45, 7) is 5.25. The van der Waals surface area contributed by atoms with E-state index in [1.807, 2.05) is 0 Å². The summed E-state index contributed by atoms with van der Waals surface area (Å²) < 4.78 is 83.6. The second kappa shape index (κ2) is 7.36. The van der Waals surface area contributed by atoms with Crippen molar-refractivity contribution < 1.29 is 30.9 Å². The summed E-state index contributed by atoms with van der Waals surface area (Å²) >= 11 is 0. The van der Waals surface area contributed by atoms with E-state index in [2.05, 4.69) is 9.46 Å². The number of hydrogen-bond acceptors (Lipinski definition) is 2. The van der Waals surface area contributed by atoms with Crippen LogP contribution in [0, 0.1) is 0 Å². The van der Waals surface area contributed by atoms with Crippen molar-refractivity contribution in [3.05, 3.63) is 64.7 Å². The zero-order valence-electron chi connectivity index (χ0n) is 15.9. The Morgan fingerprint density at radius 1 is 1.03 bits per heavy atom. The number of rotatable bonds is 5. The van der Waals surface area contributed by atoms with Crippen LogP contribution in [0.1, 0.15) is 49.1 Å². The minimum absolute atomic E-state index is 0.0830. The van der Waals surface area contributed by atoms with Crippen molar-refractivity contribution in [3.63, 3.8) is 0 Å². The Balaban J connectivity index is 1.96. The summed E-state index contributed by atoms with van der Waals surface area (Å²) in [7, 11) is -1.55. The molecule has 3 nitrogen and oxygen atoms in total. The van der Waals surface area contributed by atoms with E-state index in [1.54, 1.807) is 32.9 Å². The van der Waals surface area contributed by atoms with E-state index in [4.69, 9.17) is 0 Å². The van der Waals surface area contributed by atoms with Crippen LogP contribution in [-0.2, 0) is 23.3 Å². The molecule has 0 aromatic heterocycles. The number of halogens is 5. The molecule has 0 saturated carbocycles. The van der Waals surface area contributed by atoms with E-state index in [-0.39, 0.29) is 12.0 Å². The first kappa shape index (κ1) is 21.7. The van der Waals surface area contributed by atoms with Crippen LogP contribution in [0.15, 0.2) is 42.5 Å². The predicted octanol–water partition coefficient (Wildman–Crippen LogP) is 5.37. The highest BCUT2D eigenvalue weighted by Gasteiger charge is 2.44. The van der Waals surface area contributed by atoms with Crippen molar-refractivity contribution >= 4 is 11.0 Å². The maximum Gasteiger partial charge on any atom is 0.573 e. The topological polar surface area (TPSA) is 38.3 Å². The van der Waals surface area contributed by atoms with Crippen molar-refractivity contribution in [2.45, 2.75) is 50.3 Å². The molecule has 0 spiro atoms. The molecule has 29 heavy (non-hydrogen) atoms. The highest BCUT2D eigenvalue weighted by Crippen LogP contribution is 2.45. The Hall–Kier alpha value is -2.00. The third-order valence-electron chi connectivity index (χ3n) is 4.50. The van der Waals surface area contributed by atoms with Crippen molar-refractivity contribution in [3.8, 4) is 5.75 Å². The van der Waals surface area contributed by atoms with Gasteiger partial charge < -0.3 is 4.74 Å². The highest BCUT2D eigenvalue weighted by molar-refractivity contribution is 7.84. The fourth-order valence-corrected chi connectivity index (χ4v) is 3.81. The standard InChI is InChI=1S/C20H20F5NO2S/c1-18(2,3)29(27)26-17(12-6-8-15(9-7-12)28-20(23,24)25)13-4-5-14-11-19(21,22)16(14)10-13/h4-10,17,26H,11H2,1-3H3. The minimum Gasteiger partial charge on any atom is -0.406 e. The van der Waals surface area contributed by atoms with Gasteiger partial charge in [0.1, 0.15) is 5.75 Å². The SMILES string of the molecule is CC(C)(C)S(=O)NC(c1ccc(OC(F)(F)F)cc1)c1ccc2c(c1)C(F)(F)C2. The predicted molar refractivity (Wildman–Crippen MR) is 100 cm³/mol.